The molecule has 0 aliphatic heterocycles. The highest BCUT2D eigenvalue weighted by molar-refractivity contribution is 5.34. The van der Waals surface area contributed by atoms with Crippen molar-refractivity contribution in [3.8, 4) is 0 Å². The van der Waals surface area contributed by atoms with E-state index in [4.69, 9.17) is 0 Å². The quantitative estimate of drug-likeness (QED) is 0.541. The molecule has 0 saturated heterocycles. The molecule has 0 heterocycles. The summed E-state index contributed by atoms with van der Waals surface area (Å²) in [6.45, 7) is 12.6. The van der Waals surface area contributed by atoms with E-state index in [9.17, 15) is 0 Å². The summed E-state index contributed by atoms with van der Waals surface area (Å²) in [7, 11) is 0. The summed E-state index contributed by atoms with van der Waals surface area (Å²) in [6, 6.07) is 0. The van der Waals surface area contributed by atoms with Crippen LogP contribution in [0.1, 0.15) is 33.1 Å². The van der Waals surface area contributed by atoms with Gasteiger partial charge in [0.2, 0.25) is 0 Å². The van der Waals surface area contributed by atoms with E-state index < -0.39 is 0 Å². The van der Waals surface area contributed by atoms with Gasteiger partial charge in [0.15, 0.2) is 0 Å². The van der Waals surface area contributed by atoms with Gasteiger partial charge in [0.25, 0.3) is 0 Å². The van der Waals surface area contributed by atoms with Crippen LogP contribution in [-0.2, 0) is 0 Å². The van der Waals surface area contributed by atoms with Crippen molar-refractivity contribution in [2.24, 2.45) is 5.41 Å². The number of hydrogen-bond acceptors (Lipinski definition) is 0. The summed E-state index contributed by atoms with van der Waals surface area (Å²) >= 11 is 0. The molecule has 0 bridgehead atoms. The van der Waals surface area contributed by atoms with Gasteiger partial charge in [0.1, 0.15) is 0 Å². The molecule has 0 nitrogen and oxygen atoms in total. The first-order valence-corrected chi connectivity index (χ1v) is 4.65. The lowest BCUT2D eigenvalue weighted by Gasteiger charge is -2.33. The normalized spacial score (nSPS) is 29.0. The first-order valence-electron chi connectivity index (χ1n) is 4.65. The van der Waals surface area contributed by atoms with Crippen LogP contribution in [0, 0.1) is 5.41 Å². The predicted molar refractivity (Wildman–Crippen MR) is 55.1 cm³/mol. The fourth-order valence-electron chi connectivity index (χ4n) is 1.69. The van der Waals surface area contributed by atoms with Crippen molar-refractivity contribution in [3.63, 3.8) is 0 Å². The smallest absolute Gasteiger partial charge is 0.0267 e. The van der Waals surface area contributed by atoms with Crippen LogP contribution in [0.4, 0.5) is 0 Å². The zero-order valence-corrected chi connectivity index (χ0v) is 8.19. The van der Waals surface area contributed by atoms with Gasteiger partial charge in [-0.2, -0.15) is 0 Å². The molecule has 0 amide bonds. The van der Waals surface area contributed by atoms with E-state index in [1.54, 1.807) is 0 Å². The Kier molecular flexibility index (Phi) is 2.56. The van der Waals surface area contributed by atoms with Crippen LogP contribution >= 0.6 is 0 Å². The third-order valence-electron chi connectivity index (χ3n) is 2.96. The number of allylic oxidation sites excluding steroid dienone is 4. The third kappa shape index (κ3) is 1.38. The van der Waals surface area contributed by atoms with Crippen LogP contribution in [0.25, 0.3) is 0 Å². The Bertz CT molecular complexity index is 232. The van der Waals surface area contributed by atoms with Crippen LogP contribution in [0.2, 0.25) is 0 Å². The van der Waals surface area contributed by atoms with Gasteiger partial charge in [-0.25, -0.2) is 0 Å². The molecule has 0 aromatic carbocycles. The van der Waals surface area contributed by atoms with Gasteiger partial charge in [-0.3, -0.25) is 0 Å². The minimum absolute atomic E-state index is 0.0764. The molecule has 0 heteroatoms. The van der Waals surface area contributed by atoms with Gasteiger partial charge in [-0.1, -0.05) is 43.4 Å². The van der Waals surface area contributed by atoms with Crippen LogP contribution in [-0.4, -0.2) is 0 Å². The van der Waals surface area contributed by atoms with E-state index in [0.29, 0.717) is 0 Å². The van der Waals surface area contributed by atoms with Crippen LogP contribution in [0.15, 0.2) is 36.5 Å². The Morgan fingerprint density at radius 2 is 2.33 bits per heavy atom. The van der Waals surface area contributed by atoms with E-state index in [-0.39, 0.29) is 5.41 Å². The minimum atomic E-state index is 0.0764. The summed E-state index contributed by atoms with van der Waals surface area (Å²) in [5, 5.41) is 0. The van der Waals surface area contributed by atoms with Gasteiger partial charge in [-0.15, -0.1) is 0 Å². The molecule has 1 rings (SSSR count). The maximum Gasteiger partial charge on any atom is 0.0267 e. The Morgan fingerprint density at radius 1 is 1.67 bits per heavy atom. The highest BCUT2D eigenvalue weighted by Crippen LogP contribution is 2.41. The minimum Gasteiger partial charge on any atom is -0.0987 e. The lowest BCUT2D eigenvalue weighted by atomic mass is 9.71. The Hall–Kier alpha value is -0.780. The molecule has 0 spiro atoms. The molecule has 0 aromatic rings. The lowest BCUT2D eigenvalue weighted by molar-refractivity contribution is 0.551. The van der Waals surface area contributed by atoms with Gasteiger partial charge in [0.05, 0.1) is 0 Å². The Morgan fingerprint density at radius 3 is 2.83 bits per heavy atom. The Labute approximate surface area is 75.7 Å². The van der Waals surface area contributed by atoms with E-state index in [2.05, 4.69) is 39.2 Å². The molecule has 66 valence electrons. The van der Waals surface area contributed by atoms with Crippen LogP contribution in [0.3, 0.4) is 0 Å². The van der Waals surface area contributed by atoms with E-state index in [1.165, 1.54) is 11.1 Å². The van der Waals surface area contributed by atoms with Gasteiger partial charge in [-0.05, 0) is 26.2 Å². The summed E-state index contributed by atoms with van der Waals surface area (Å²) in [4.78, 5) is 0. The second-order valence-electron chi connectivity index (χ2n) is 3.70. The van der Waals surface area contributed by atoms with Crippen molar-refractivity contribution in [2.75, 3.05) is 0 Å². The number of rotatable bonds is 2. The summed E-state index contributed by atoms with van der Waals surface area (Å²) in [5.74, 6) is 0. The second-order valence-corrected chi connectivity index (χ2v) is 3.70. The van der Waals surface area contributed by atoms with Crippen molar-refractivity contribution in [1.29, 1.82) is 0 Å². The fraction of sp³-hybridized carbons (Fsp3) is 0.500. The van der Waals surface area contributed by atoms with Crippen LogP contribution in [0.5, 0.6) is 0 Å². The molecule has 0 N–H and O–H groups in total. The molecule has 0 radical (unpaired) electrons. The average Bonchev–Trinajstić information content (AvgIpc) is 2.09. The van der Waals surface area contributed by atoms with Crippen molar-refractivity contribution in [3.05, 3.63) is 36.5 Å². The summed E-state index contributed by atoms with van der Waals surface area (Å²) in [6.07, 6.45) is 7.80. The molecule has 0 fully saturated rings. The number of hydrogen-bond donors (Lipinski definition) is 0. The molecule has 1 unspecified atom stereocenters. The van der Waals surface area contributed by atoms with Crippen LogP contribution < -0.4 is 0 Å². The average molecular weight is 162 g/mol. The molecule has 12 heavy (non-hydrogen) atoms. The summed E-state index contributed by atoms with van der Waals surface area (Å²) in [5.41, 5.74) is 2.67. The fourth-order valence-corrected chi connectivity index (χ4v) is 1.69. The monoisotopic (exact) mass is 162 g/mol. The first kappa shape index (κ1) is 9.31. The molecule has 1 aliphatic rings. The van der Waals surface area contributed by atoms with Gasteiger partial charge >= 0.3 is 0 Å². The van der Waals surface area contributed by atoms with Gasteiger partial charge < -0.3 is 0 Å². The SMILES string of the molecule is C=C(CC)C1(C)C=CCCC1=C. The van der Waals surface area contributed by atoms with Crippen molar-refractivity contribution >= 4 is 0 Å². The van der Waals surface area contributed by atoms with Crippen molar-refractivity contribution in [2.45, 2.75) is 33.1 Å². The molecular weight excluding hydrogens is 144 g/mol. The molecule has 1 aliphatic carbocycles. The Balaban J connectivity index is 2.94. The maximum absolute atomic E-state index is 4.12. The van der Waals surface area contributed by atoms with E-state index in [1.807, 2.05) is 0 Å². The zero-order chi connectivity index (χ0) is 9.19. The van der Waals surface area contributed by atoms with E-state index in [0.717, 1.165) is 19.3 Å². The molecule has 0 aromatic heterocycles. The highest BCUT2D eigenvalue weighted by atomic mass is 14.3. The molecule has 0 saturated carbocycles. The standard InChI is InChI=1S/C12H18/c1-5-10(2)12(4)9-7-6-8-11(12)3/h7,9H,2-3,5-6,8H2,1,4H3. The van der Waals surface area contributed by atoms with E-state index >= 15 is 0 Å². The molecule has 1 atom stereocenters. The predicted octanol–water partition coefficient (Wildman–Crippen LogP) is 3.87. The largest absolute Gasteiger partial charge is 0.0987 e. The third-order valence-corrected chi connectivity index (χ3v) is 2.96. The topological polar surface area (TPSA) is 0 Å². The summed E-state index contributed by atoms with van der Waals surface area (Å²) < 4.78 is 0. The highest BCUT2D eigenvalue weighted by Gasteiger charge is 2.28. The van der Waals surface area contributed by atoms with Gasteiger partial charge in [0, 0.05) is 5.41 Å². The first-order chi connectivity index (χ1) is 5.61. The van der Waals surface area contributed by atoms with Crippen molar-refractivity contribution < 1.29 is 0 Å². The lowest BCUT2D eigenvalue weighted by Crippen LogP contribution is -2.20. The second kappa shape index (κ2) is 3.30. The molecular formula is C12H18. The van der Waals surface area contributed by atoms with Crippen molar-refractivity contribution in [1.82, 2.24) is 0 Å². The zero-order valence-electron chi connectivity index (χ0n) is 8.19. The maximum atomic E-state index is 4.12.